The van der Waals surface area contributed by atoms with E-state index in [0.29, 0.717) is 5.92 Å². The van der Waals surface area contributed by atoms with Gasteiger partial charge in [0.1, 0.15) is 0 Å². The average Bonchev–Trinajstić information content (AvgIpc) is 3.77. The van der Waals surface area contributed by atoms with Crippen LogP contribution >= 0.6 is 11.3 Å². The molecule has 0 saturated heterocycles. The predicted octanol–water partition coefficient (Wildman–Crippen LogP) is 16.2. The van der Waals surface area contributed by atoms with Crippen LogP contribution in [-0.4, -0.2) is 0 Å². The van der Waals surface area contributed by atoms with Gasteiger partial charge in [0.15, 0.2) is 0 Å². The summed E-state index contributed by atoms with van der Waals surface area (Å²) in [6.07, 6.45) is 0. The van der Waals surface area contributed by atoms with Gasteiger partial charge in [-0.25, -0.2) is 0 Å². The number of thiophene rings is 1. The Morgan fingerprint density at radius 3 is 1.75 bits per heavy atom. The second-order valence-corrected chi connectivity index (χ2v) is 19.8. The molecule has 7 aromatic carbocycles. The first kappa shape index (κ1) is 35.9. The molecule has 1 heterocycles. The molecule has 0 spiro atoms. The third-order valence-electron chi connectivity index (χ3n) is 13.2. The monoisotopic (exact) mass is 757 g/mol. The minimum atomic E-state index is -0.147. The number of benzene rings is 7. The van der Waals surface area contributed by atoms with Crippen molar-refractivity contribution in [2.24, 2.45) is 0 Å². The molecular weight excluding hydrogens is 707 g/mol. The summed E-state index contributed by atoms with van der Waals surface area (Å²) in [5.74, 6) is 0.456. The fourth-order valence-corrected chi connectivity index (χ4v) is 11.7. The van der Waals surface area contributed by atoms with E-state index in [1.165, 1.54) is 104 Å². The molecule has 0 radical (unpaired) electrons. The van der Waals surface area contributed by atoms with Gasteiger partial charge in [0, 0.05) is 53.5 Å². The van der Waals surface area contributed by atoms with Gasteiger partial charge >= 0.3 is 0 Å². The van der Waals surface area contributed by atoms with Crippen LogP contribution in [0.15, 0.2) is 140 Å². The molecule has 2 aliphatic carbocycles. The van der Waals surface area contributed by atoms with Gasteiger partial charge in [0.2, 0.25) is 0 Å². The highest BCUT2D eigenvalue weighted by molar-refractivity contribution is 7.26. The van der Waals surface area contributed by atoms with Gasteiger partial charge in [-0.3, -0.25) is 0 Å². The Bertz CT molecular complexity index is 2930. The standard InChI is InChI=1S/C55H51NS/c1-33(2)36-19-14-21-41-42-22-15-20-40(52(42)57-51(36)41)39-18-11-13-26-49(39)56(34-27-29-38-37-17-10-12-23-44(37)54(6,7)47(38)31-34)35-28-30-43-48(32-35)55(8,9)46-25-16-24-45(50(43)46)53(3,4)5/h10-33H,1-9H3. The SMILES string of the molecule is CC(C)c1cccc2c1sc1c(-c3ccccc3N(c3ccc4c(c3)C(C)(C)c3ccccc3-4)c3ccc4c(c3)C(C)(C)c3cccc(C(C)(C)C)c3-4)cccc12. The summed E-state index contributed by atoms with van der Waals surface area (Å²) in [7, 11) is 0. The van der Waals surface area contributed by atoms with Gasteiger partial charge in [-0.2, -0.15) is 0 Å². The molecule has 0 saturated carbocycles. The number of anilines is 3. The van der Waals surface area contributed by atoms with Crippen molar-refractivity contribution in [1.82, 2.24) is 0 Å². The highest BCUT2D eigenvalue weighted by Crippen LogP contribution is 2.56. The lowest BCUT2D eigenvalue weighted by Crippen LogP contribution is -2.18. The van der Waals surface area contributed by atoms with E-state index in [1.807, 2.05) is 11.3 Å². The summed E-state index contributed by atoms with van der Waals surface area (Å²) in [6.45, 7) is 21.2. The Hall–Kier alpha value is -5.44. The van der Waals surface area contributed by atoms with Crippen molar-refractivity contribution in [2.45, 2.75) is 84.5 Å². The van der Waals surface area contributed by atoms with Crippen molar-refractivity contribution in [1.29, 1.82) is 0 Å². The molecule has 0 fully saturated rings. The first-order valence-corrected chi connectivity index (χ1v) is 21.5. The summed E-state index contributed by atoms with van der Waals surface area (Å²) in [5, 5.41) is 2.69. The van der Waals surface area contributed by atoms with E-state index in [0.717, 1.165) is 0 Å². The summed E-state index contributed by atoms with van der Waals surface area (Å²) in [6, 6.07) is 53.3. The Morgan fingerprint density at radius 1 is 0.491 bits per heavy atom. The van der Waals surface area contributed by atoms with Crippen molar-refractivity contribution < 1.29 is 0 Å². The third kappa shape index (κ3) is 5.26. The molecule has 1 nitrogen and oxygen atoms in total. The van der Waals surface area contributed by atoms with E-state index in [9.17, 15) is 0 Å². The Kier molecular flexibility index (Phi) is 7.90. The van der Waals surface area contributed by atoms with Crippen LogP contribution in [-0.2, 0) is 16.2 Å². The molecule has 10 rings (SSSR count). The topological polar surface area (TPSA) is 3.24 Å². The quantitative estimate of drug-likeness (QED) is 0.169. The Morgan fingerprint density at radius 2 is 1.04 bits per heavy atom. The number of para-hydroxylation sites is 1. The molecule has 2 heteroatoms. The maximum atomic E-state index is 2.55. The van der Waals surface area contributed by atoms with Crippen LogP contribution in [0.25, 0.3) is 53.6 Å². The molecule has 0 aliphatic heterocycles. The van der Waals surface area contributed by atoms with E-state index < -0.39 is 0 Å². The van der Waals surface area contributed by atoms with Gasteiger partial charge in [-0.1, -0.05) is 172 Å². The molecule has 0 N–H and O–H groups in total. The number of nitrogens with zero attached hydrogens (tertiary/aromatic N) is 1. The van der Waals surface area contributed by atoms with Crippen molar-refractivity contribution in [3.8, 4) is 33.4 Å². The summed E-state index contributed by atoms with van der Waals surface area (Å²) in [5.41, 5.74) is 19.7. The average molecular weight is 758 g/mol. The summed E-state index contributed by atoms with van der Waals surface area (Å²) in [4.78, 5) is 2.55. The molecule has 0 unspecified atom stereocenters. The molecule has 1 aromatic heterocycles. The van der Waals surface area contributed by atoms with E-state index in [-0.39, 0.29) is 16.2 Å². The zero-order valence-electron chi connectivity index (χ0n) is 34.7. The van der Waals surface area contributed by atoms with Crippen LogP contribution in [0.5, 0.6) is 0 Å². The first-order chi connectivity index (χ1) is 27.3. The predicted molar refractivity (Wildman–Crippen MR) is 247 cm³/mol. The van der Waals surface area contributed by atoms with Crippen LogP contribution in [0.1, 0.15) is 102 Å². The normalized spacial score (nSPS) is 14.8. The fourth-order valence-electron chi connectivity index (χ4n) is 10.2. The van der Waals surface area contributed by atoms with Crippen molar-refractivity contribution >= 4 is 48.6 Å². The van der Waals surface area contributed by atoms with E-state index >= 15 is 0 Å². The Labute approximate surface area is 342 Å². The molecule has 0 atom stereocenters. The third-order valence-corrected chi connectivity index (χ3v) is 14.5. The van der Waals surface area contributed by atoms with Crippen LogP contribution in [0.4, 0.5) is 17.1 Å². The maximum absolute atomic E-state index is 2.55. The lowest BCUT2D eigenvalue weighted by molar-refractivity contribution is 0.589. The lowest BCUT2D eigenvalue weighted by Gasteiger charge is -2.31. The van der Waals surface area contributed by atoms with E-state index in [2.05, 4.69) is 207 Å². The molecule has 0 amide bonds. The van der Waals surface area contributed by atoms with Gasteiger partial charge < -0.3 is 4.90 Å². The lowest BCUT2D eigenvalue weighted by atomic mass is 9.79. The number of rotatable bonds is 5. The number of fused-ring (bicyclic) bond motifs is 9. The van der Waals surface area contributed by atoms with E-state index in [4.69, 9.17) is 0 Å². The van der Waals surface area contributed by atoms with Crippen molar-refractivity contribution in [3.63, 3.8) is 0 Å². The molecule has 57 heavy (non-hydrogen) atoms. The highest BCUT2D eigenvalue weighted by Gasteiger charge is 2.40. The molecule has 8 aromatic rings. The van der Waals surface area contributed by atoms with Crippen LogP contribution in [0.2, 0.25) is 0 Å². The highest BCUT2D eigenvalue weighted by atomic mass is 32.1. The van der Waals surface area contributed by atoms with Gasteiger partial charge in [0.05, 0.1) is 5.69 Å². The molecule has 0 bridgehead atoms. The minimum absolute atomic E-state index is 0.0328. The van der Waals surface area contributed by atoms with Gasteiger partial charge in [-0.05, 0) is 97.3 Å². The first-order valence-electron chi connectivity index (χ1n) is 20.6. The van der Waals surface area contributed by atoms with Crippen LogP contribution in [0, 0.1) is 0 Å². The second-order valence-electron chi connectivity index (χ2n) is 18.7. The van der Waals surface area contributed by atoms with Gasteiger partial charge in [0.25, 0.3) is 0 Å². The number of hydrogen-bond donors (Lipinski definition) is 0. The largest absolute Gasteiger partial charge is 0.310 e. The maximum Gasteiger partial charge on any atom is 0.0540 e. The summed E-state index contributed by atoms with van der Waals surface area (Å²) >= 11 is 1.95. The fraction of sp³-hybridized carbons (Fsp3) is 0.236. The van der Waals surface area contributed by atoms with E-state index in [1.54, 1.807) is 0 Å². The molecule has 282 valence electrons. The molecule has 2 aliphatic rings. The molecular formula is C55H51NS. The summed E-state index contributed by atoms with van der Waals surface area (Å²) < 4.78 is 2.75. The van der Waals surface area contributed by atoms with Crippen molar-refractivity contribution in [2.75, 3.05) is 4.90 Å². The van der Waals surface area contributed by atoms with Crippen molar-refractivity contribution in [3.05, 3.63) is 173 Å². The van der Waals surface area contributed by atoms with Crippen LogP contribution < -0.4 is 4.90 Å². The second kappa shape index (κ2) is 12.5. The Balaban J connectivity index is 1.23. The number of hydrogen-bond acceptors (Lipinski definition) is 2. The van der Waals surface area contributed by atoms with Crippen LogP contribution in [0.3, 0.4) is 0 Å². The van der Waals surface area contributed by atoms with Gasteiger partial charge in [-0.15, -0.1) is 11.3 Å². The zero-order valence-corrected chi connectivity index (χ0v) is 35.5. The minimum Gasteiger partial charge on any atom is -0.310 e. The smallest absolute Gasteiger partial charge is 0.0540 e. The zero-order chi connectivity index (χ0) is 39.6.